The number of aryl methyl sites for hydroxylation is 1. The van der Waals surface area contributed by atoms with Crippen LogP contribution in [0.2, 0.25) is 0 Å². The van der Waals surface area contributed by atoms with Crippen LogP contribution >= 0.6 is 12.4 Å². The Bertz CT molecular complexity index is 647. The van der Waals surface area contributed by atoms with Crippen LogP contribution in [0.15, 0.2) is 24.5 Å². The Morgan fingerprint density at radius 2 is 2.32 bits per heavy atom. The minimum atomic E-state index is -0.317. The van der Waals surface area contributed by atoms with Crippen molar-refractivity contribution < 1.29 is 9.18 Å². The Hall–Kier alpha value is -1.99. The smallest absolute Gasteiger partial charge is 0.226 e. The highest BCUT2D eigenvalue weighted by Gasteiger charge is 2.17. The van der Waals surface area contributed by atoms with E-state index < -0.39 is 0 Å². The second-order valence-electron chi connectivity index (χ2n) is 4.96. The molecule has 1 aromatic carbocycles. The number of nitrogens with one attached hydrogen (secondary N) is 2. The molecule has 1 aliphatic heterocycles. The fourth-order valence-corrected chi connectivity index (χ4v) is 2.41. The number of rotatable bonds is 4. The lowest BCUT2D eigenvalue weighted by molar-refractivity contribution is -0.116. The molecule has 0 unspecified atom stereocenters. The molecule has 1 aromatic heterocycles. The predicted octanol–water partition coefficient (Wildman–Crippen LogP) is 1.51. The summed E-state index contributed by atoms with van der Waals surface area (Å²) >= 11 is 0. The predicted molar refractivity (Wildman–Crippen MR) is 82.3 cm³/mol. The number of halogens is 2. The third kappa shape index (κ3) is 3.61. The Kier molecular flexibility index (Phi) is 5.46. The number of anilines is 1. The number of carbonyl (C=O) groups excluding carboxylic acids is 1. The van der Waals surface area contributed by atoms with E-state index in [-0.39, 0.29) is 36.2 Å². The largest absolute Gasteiger partial charge is 0.324 e. The van der Waals surface area contributed by atoms with E-state index in [0.717, 1.165) is 12.1 Å². The number of nitrogens with zero attached hydrogens (tertiary/aromatic N) is 3. The molecule has 0 atom stereocenters. The number of hydrogen-bond acceptors (Lipinski definition) is 4. The van der Waals surface area contributed by atoms with Crippen LogP contribution in [0.4, 0.5) is 10.1 Å². The molecule has 2 N–H and O–H groups in total. The highest BCUT2D eigenvalue weighted by molar-refractivity contribution is 5.91. The second kappa shape index (κ2) is 7.33. The Labute approximate surface area is 133 Å². The van der Waals surface area contributed by atoms with Crippen molar-refractivity contribution in [1.82, 2.24) is 20.3 Å². The molecule has 0 saturated heterocycles. The summed E-state index contributed by atoms with van der Waals surface area (Å²) in [6.07, 6.45) is 4.10. The summed E-state index contributed by atoms with van der Waals surface area (Å²) in [4.78, 5) is 11.9. The van der Waals surface area contributed by atoms with Gasteiger partial charge in [0.15, 0.2) is 0 Å². The molecule has 2 heterocycles. The van der Waals surface area contributed by atoms with Crippen molar-refractivity contribution in [1.29, 1.82) is 0 Å². The molecule has 2 aromatic rings. The summed E-state index contributed by atoms with van der Waals surface area (Å²) in [5.41, 5.74) is 1.90. The third-order valence-corrected chi connectivity index (χ3v) is 3.52. The average Bonchev–Trinajstić information content (AvgIpc) is 3.02. The molecule has 0 fully saturated rings. The summed E-state index contributed by atoms with van der Waals surface area (Å²) in [7, 11) is 0. The maximum Gasteiger partial charge on any atom is 0.226 e. The number of benzene rings is 1. The minimum absolute atomic E-state index is 0. The zero-order valence-electron chi connectivity index (χ0n) is 11.9. The molecule has 0 radical (unpaired) electrons. The van der Waals surface area contributed by atoms with Gasteiger partial charge >= 0.3 is 0 Å². The lowest BCUT2D eigenvalue weighted by Crippen LogP contribution is -2.25. The summed E-state index contributed by atoms with van der Waals surface area (Å²) < 4.78 is 15.9. The van der Waals surface area contributed by atoms with Gasteiger partial charge in [-0.2, -0.15) is 0 Å². The van der Waals surface area contributed by atoms with E-state index >= 15 is 0 Å². The van der Waals surface area contributed by atoms with Gasteiger partial charge in [-0.05, 0) is 30.2 Å². The van der Waals surface area contributed by atoms with Gasteiger partial charge in [0.2, 0.25) is 5.91 Å². The topological polar surface area (TPSA) is 71.8 Å². The van der Waals surface area contributed by atoms with Gasteiger partial charge < -0.3 is 10.6 Å². The monoisotopic (exact) mass is 325 g/mol. The SMILES string of the molecule is Cl.O=C(CCn1ccnn1)Nc1ccc2c(c1F)CCNC2. The lowest BCUT2D eigenvalue weighted by Gasteiger charge is -2.19. The Morgan fingerprint density at radius 3 is 3.09 bits per heavy atom. The first-order valence-electron chi connectivity index (χ1n) is 6.89. The third-order valence-electron chi connectivity index (χ3n) is 3.52. The fraction of sp³-hybridized carbons (Fsp3) is 0.357. The van der Waals surface area contributed by atoms with Crippen molar-refractivity contribution in [2.24, 2.45) is 0 Å². The van der Waals surface area contributed by atoms with Crippen molar-refractivity contribution in [2.45, 2.75) is 25.9 Å². The standard InChI is InChI=1S/C14H16FN5O.ClH/c15-14-11-3-5-16-9-10(11)1-2-12(14)18-13(21)4-7-20-8-6-17-19-20;/h1-2,6,8,16H,3-5,7,9H2,(H,18,21);1H. The van der Waals surface area contributed by atoms with Crippen LogP contribution in [0.1, 0.15) is 17.5 Å². The van der Waals surface area contributed by atoms with Crippen LogP contribution < -0.4 is 10.6 Å². The Balaban J connectivity index is 0.00000176. The van der Waals surface area contributed by atoms with Crippen LogP contribution in [-0.2, 0) is 24.3 Å². The van der Waals surface area contributed by atoms with Crippen LogP contribution in [0, 0.1) is 5.82 Å². The minimum Gasteiger partial charge on any atom is -0.324 e. The van der Waals surface area contributed by atoms with E-state index in [1.165, 1.54) is 0 Å². The molecule has 22 heavy (non-hydrogen) atoms. The molecule has 8 heteroatoms. The molecule has 0 aliphatic carbocycles. The zero-order chi connectivity index (χ0) is 14.7. The Morgan fingerprint density at radius 1 is 1.45 bits per heavy atom. The van der Waals surface area contributed by atoms with Gasteiger partial charge in [-0.15, -0.1) is 17.5 Å². The van der Waals surface area contributed by atoms with Crippen molar-refractivity contribution in [3.63, 3.8) is 0 Å². The quantitative estimate of drug-likeness (QED) is 0.894. The maximum absolute atomic E-state index is 14.4. The number of aromatic nitrogens is 3. The average molecular weight is 326 g/mol. The summed E-state index contributed by atoms with van der Waals surface area (Å²) in [6, 6.07) is 3.48. The van der Waals surface area contributed by atoms with E-state index in [2.05, 4.69) is 20.9 Å². The molecule has 0 bridgehead atoms. The van der Waals surface area contributed by atoms with Crippen LogP contribution in [0.3, 0.4) is 0 Å². The van der Waals surface area contributed by atoms with Gasteiger partial charge in [0.25, 0.3) is 0 Å². The molecule has 0 spiro atoms. The summed E-state index contributed by atoms with van der Waals surface area (Å²) in [5, 5.41) is 13.3. The highest BCUT2D eigenvalue weighted by Crippen LogP contribution is 2.24. The molecule has 0 saturated carbocycles. The normalized spacial score (nSPS) is 13.1. The lowest BCUT2D eigenvalue weighted by atomic mass is 9.99. The van der Waals surface area contributed by atoms with Gasteiger partial charge in [0, 0.05) is 19.2 Å². The van der Waals surface area contributed by atoms with Gasteiger partial charge in [-0.1, -0.05) is 11.3 Å². The van der Waals surface area contributed by atoms with Crippen molar-refractivity contribution in [3.8, 4) is 0 Å². The van der Waals surface area contributed by atoms with Gasteiger partial charge in [0.05, 0.1) is 18.4 Å². The van der Waals surface area contributed by atoms with Crippen LogP contribution in [-0.4, -0.2) is 27.4 Å². The van der Waals surface area contributed by atoms with Crippen LogP contribution in [0.5, 0.6) is 0 Å². The molecule has 1 amide bonds. The number of hydrogen-bond donors (Lipinski definition) is 2. The van der Waals surface area contributed by atoms with Gasteiger partial charge in [-0.3, -0.25) is 9.48 Å². The molecule has 3 rings (SSSR count). The first-order chi connectivity index (χ1) is 10.2. The summed E-state index contributed by atoms with van der Waals surface area (Å²) in [6.45, 7) is 1.85. The van der Waals surface area contributed by atoms with Crippen molar-refractivity contribution >= 4 is 24.0 Å². The molecule has 1 aliphatic rings. The molecular formula is C14H17ClFN5O. The fourth-order valence-electron chi connectivity index (χ4n) is 2.41. The van der Waals surface area contributed by atoms with Crippen LogP contribution in [0.25, 0.3) is 0 Å². The zero-order valence-corrected chi connectivity index (χ0v) is 12.7. The number of carbonyl (C=O) groups is 1. The van der Waals surface area contributed by atoms with E-state index in [1.807, 2.05) is 6.07 Å². The number of amides is 1. The summed E-state index contributed by atoms with van der Waals surface area (Å²) in [5.74, 6) is -0.554. The van der Waals surface area contributed by atoms with Gasteiger partial charge in [0.1, 0.15) is 5.82 Å². The first-order valence-corrected chi connectivity index (χ1v) is 6.89. The van der Waals surface area contributed by atoms with Crippen molar-refractivity contribution in [2.75, 3.05) is 11.9 Å². The molecule has 118 valence electrons. The maximum atomic E-state index is 14.4. The van der Waals surface area contributed by atoms with E-state index in [4.69, 9.17) is 0 Å². The van der Waals surface area contributed by atoms with E-state index in [1.54, 1.807) is 23.1 Å². The first kappa shape index (κ1) is 16.4. The van der Waals surface area contributed by atoms with Gasteiger partial charge in [-0.25, -0.2) is 4.39 Å². The van der Waals surface area contributed by atoms with E-state index in [0.29, 0.717) is 25.1 Å². The second-order valence-corrected chi connectivity index (χ2v) is 4.96. The highest BCUT2D eigenvalue weighted by atomic mass is 35.5. The molecule has 6 nitrogen and oxygen atoms in total. The number of fused-ring (bicyclic) bond motifs is 1. The van der Waals surface area contributed by atoms with Crippen molar-refractivity contribution in [3.05, 3.63) is 41.5 Å². The van der Waals surface area contributed by atoms with E-state index in [9.17, 15) is 9.18 Å². The molecular weight excluding hydrogens is 309 g/mol.